The zero-order valence-corrected chi connectivity index (χ0v) is 11.5. The van der Waals surface area contributed by atoms with Crippen LogP contribution in [-0.4, -0.2) is 24.4 Å². The molecule has 0 heterocycles. The molecule has 0 saturated heterocycles. The normalized spacial score (nSPS) is 0. The fourth-order valence-electron chi connectivity index (χ4n) is 0. The van der Waals surface area contributed by atoms with Gasteiger partial charge in [-0.2, -0.15) is 0 Å². The molecule has 0 nitrogen and oxygen atoms in total. The maximum absolute atomic E-state index is 0. The molecule has 0 amide bonds. The third-order valence-electron chi connectivity index (χ3n) is 0. The molecule has 0 aliphatic rings. The van der Waals surface area contributed by atoms with E-state index in [0.29, 0.717) is 0 Å². The van der Waals surface area contributed by atoms with Gasteiger partial charge in [0.15, 0.2) is 0 Å². The van der Waals surface area contributed by atoms with Gasteiger partial charge in [-0.05, 0) is 0 Å². The van der Waals surface area contributed by atoms with E-state index >= 15 is 0 Å². The number of thiol groups is 1. The fraction of sp³-hybridized carbons (Fsp3) is 0. The second-order valence-electron chi connectivity index (χ2n) is 0. The summed E-state index contributed by atoms with van der Waals surface area (Å²) in [5, 5.41) is 0. The van der Waals surface area contributed by atoms with Crippen LogP contribution in [-0.2, 0) is 34.6 Å². The van der Waals surface area contributed by atoms with Crippen LogP contribution in [0.1, 0.15) is 0 Å². The Kier molecular flexibility index (Phi) is 122. The molecule has 0 rings (SSSR count). The van der Waals surface area contributed by atoms with Crippen LogP contribution in [0.25, 0.3) is 0 Å². The maximum atomic E-state index is 0. The van der Waals surface area contributed by atoms with Gasteiger partial charge in [-0.1, -0.05) is 0 Å². The topological polar surface area (TPSA) is 0 Å². The Hall–Kier alpha value is 2.86. The average Bonchev–Trinajstić information content (AvgIpc) is 0. The van der Waals surface area contributed by atoms with Crippen molar-refractivity contribution in [2.24, 2.45) is 0 Å². The summed E-state index contributed by atoms with van der Waals surface area (Å²) in [5.41, 5.74) is 0. The Labute approximate surface area is 86.9 Å². The van der Waals surface area contributed by atoms with Crippen molar-refractivity contribution < 1.29 is 50.6 Å². The van der Waals surface area contributed by atoms with Gasteiger partial charge < -0.3 is 13.5 Å². The molecule has 0 spiro atoms. The molecule has 0 aromatic carbocycles. The first-order chi connectivity index (χ1) is 0. The summed E-state index contributed by atoms with van der Waals surface area (Å²) in [5.74, 6) is 0. The van der Waals surface area contributed by atoms with Crippen LogP contribution < -0.4 is 29.6 Å². The summed E-state index contributed by atoms with van der Waals surface area (Å²) in [6.45, 7) is 0. The number of rotatable bonds is 0. The van der Waals surface area contributed by atoms with Crippen molar-refractivity contribution >= 4 is 37.9 Å². The zero-order valence-electron chi connectivity index (χ0n) is 2.56. The van der Waals surface area contributed by atoms with Gasteiger partial charge in [0.1, 0.15) is 0 Å². The van der Waals surface area contributed by atoms with E-state index in [0.717, 1.165) is 0 Å². The Morgan fingerprint density at radius 1 is 1.00 bits per heavy atom. The Bertz CT molecular complexity index is 8.00. The summed E-state index contributed by atoms with van der Waals surface area (Å²) in [6, 6.07) is 0. The quantitative estimate of drug-likeness (QED) is 0.244. The zero-order chi connectivity index (χ0) is 0. The van der Waals surface area contributed by atoms with Gasteiger partial charge in [0, 0.05) is 21.1 Å². The number of hydrogen-bond acceptors (Lipinski definition) is 1. The van der Waals surface area contributed by atoms with Crippen LogP contribution in [0.4, 0.5) is 0 Å². The third-order valence-corrected chi connectivity index (χ3v) is 0. The van der Waals surface area contributed by atoms with Gasteiger partial charge >= 0.3 is 54.0 Å². The molecule has 0 atom stereocenters. The number of hydrogen-bond donors (Lipinski definition) is 0. The van der Waals surface area contributed by atoms with Crippen molar-refractivity contribution in [1.82, 2.24) is 0 Å². The molecule has 0 aliphatic heterocycles. The monoisotopic (exact) mass is 278 g/mol. The minimum atomic E-state index is 0. The predicted octanol–water partition coefficient (Wildman–Crippen LogP) is -4.45. The van der Waals surface area contributed by atoms with Crippen molar-refractivity contribution in [2.75, 3.05) is 0 Å². The van der Waals surface area contributed by atoms with E-state index in [1.807, 2.05) is 0 Å². The van der Waals surface area contributed by atoms with Gasteiger partial charge in [0.2, 0.25) is 0 Å². The van der Waals surface area contributed by atoms with E-state index in [-0.39, 0.29) is 88.5 Å². The Morgan fingerprint density at radius 3 is 1.00 bits per heavy atom. The molecule has 4 heavy (non-hydrogen) atoms. The summed E-state index contributed by atoms with van der Waals surface area (Å²) >= 11 is 0. The molecule has 4 heteroatoms. The molecule has 0 bridgehead atoms. The molecule has 0 aromatic rings. The molecular weight excluding hydrogens is 273 g/mol. The van der Waals surface area contributed by atoms with Crippen LogP contribution in [0.2, 0.25) is 0 Å². The van der Waals surface area contributed by atoms with Crippen molar-refractivity contribution in [3.8, 4) is 0 Å². The van der Waals surface area contributed by atoms with Crippen LogP contribution >= 0.6 is 0 Å². The van der Waals surface area contributed by atoms with Crippen molar-refractivity contribution in [3.63, 3.8) is 0 Å². The van der Waals surface area contributed by atoms with Gasteiger partial charge in [-0.3, -0.25) is 0 Å². The minimum absolute atomic E-state index is 0. The van der Waals surface area contributed by atoms with Crippen molar-refractivity contribution in [2.45, 2.75) is 0 Å². The third kappa shape index (κ3) is 8.85. The molecule has 0 unspecified atom stereocenters. The average molecular weight is 277 g/mol. The Morgan fingerprint density at radius 2 is 1.00 bits per heavy atom. The first-order valence-electron chi connectivity index (χ1n) is 0. The van der Waals surface area contributed by atoms with Crippen LogP contribution in [0.3, 0.4) is 0 Å². The van der Waals surface area contributed by atoms with E-state index in [4.69, 9.17) is 0 Å². The molecular formula is H4MoNaSSb. The fourth-order valence-corrected chi connectivity index (χ4v) is 0. The first kappa shape index (κ1) is 28.8. The second-order valence-corrected chi connectivity index (χ2v) is 0. The summed E-state index contributed by atoms with van der Waals surface area (Å²) in [7, 11) is 0. The van der Waals surface area contributed by atoms with Gasteiger partial charge in [0.25, 0.3) is 0 Å². The van der Waals surface area contributed by atoms with Crippen LogP contribution in [0.15, 0.2) is 0 Å². The van der Waals surface area contributed by atoms with Crippen molar-refractivity contribution in [1.29, 1.82) is 0 Å². The SMILES string of the molecule is [Mo].[Na+].[SH-].[SbH3]. The van der Waals surface area contributed by atoms with E-state index in [1.165, 1.54) is 0 Å². The van der Waals surface area contributed by atoms with Gasteiger partial charge in [-0.15, -0.1) is 0 Å². The molecule has 0 radical (unpaired) electrons. The standard InChI is InChI=1S/Mo.Na.H2S.Sb.3H/h;;1H2;;;;/q;+1;;;;;/p-1. The van der Waals surface area contributed by atoms with E-state index < -0.39 is 0 Å². The molecule has 0 N–H and O–H groups in total. The first-order valence-corrected chi connectivity index (χ1v) is 0. The van der Waals surface area contributed by atoms with E-state index in [1.54, 1.807) is 0 Å². The summed E-state index contributed by atoms with van der Waals surface area (Å²) < 4.78 is 0. The van der Waals surface area contributed by atoms with Crippen LogP contribution in [0.5, 0.6) is 0 Å². The van der Waals surface area contributed by atoms with E-state index in [2.05, 4.69) is 0 Å². The predicted molar refractivity (Wildman–Crippen MR) is 18.7 cm³/mol. The van der Waals surface area contributed by atoms with Gasteiger partial charge in [0.05, 0.1) is 0 Å². The summed E-state index contributed by atoms with van der Waals surface area (Å²) in [6.07, 6.45) is 0. The molecule has 0 fully saturated rings. The molecule has 0 saturated carbocycles. The summed E-state index contributed by atoms with van der Waals surface area (Å²) in [4.78, 5) is 0. The molecule has 22 valence electrons. The van der Waals surface area contributed by atoms with Gasteiger partial charge in [-0.25, -0.2) is 0 Å². The second kappa shape index (κ2) is 16.9. The molecule has 0 aliphatic carbocycles. The van der Waals surface area contributed by atoms with Crippen LogP contribution in [0, 0.1) is 0 Å². The van der Waals surface area contributed by atoms with Crippen molar-refractivity contribution in [3.05, 3.63) is 0 Å². The molecule has 0 aromatic heterocycles. The van der Waals surface area contributed by atoms with E-state index in [9.17, 15) is 0 Å². The Balaban J connectivity index is 0.